The zero-order chi connectivity index (χ0) is 30.8. The Hall–Kier alpha value is -2.73. The molecule has 0 N–H and O–H groups in total. The van der Waals surface area contributed by atoms with Gasteiger partial charge in [-0.15, -0.1) is 0 Å². The Morgan fingerprint density at radius 1 is 0.571 bits per heavy atom. The molecule has 0 aliphatic heterocycles. The van der Waals surface area contributed by atoms with Crippen LogP contribution in [0.2, 0.25) is 0 Å². The van der Waals surface area contributed by atoms with Gasteiger partial charge in [-0.05, 0) is 115 Å². The van der Waals surface area contributed by atoms with E-state index in [-0.39, 0.29) is 21.7 Å². The maximum Gasteiger partial charge on any atom is 0.0755 e. The second kappa shape index (κ2) is 10.5. The highest BCUT2D eigenvalue weighted by Crippen LogP contribution is 2.53. The Morgan fingerprint density at radius 3 is 1.67 bits per heavy atom. The van der Waals surface area contributed by atoms with Crippen molar-refractivity contribution >= 4 is 16.7 Å². The summed E-state index contributed by atoms with van der Waals surface area (Å²) < 4.78 is 0. The van der Waals surface area contributed by atoms with E-state index in [9.17, 15) is 0 Å². The van der Waals surface area contributed by atoms with Crippen LogP contribution in [0, 0.1) is 37.0 Å². The fourth-order valence-electron chi connectivity index (χ4n) is 6.35. The van der Waals surface area contributed by atoms with Crippen LogP contribution >= 0.6 is 0 Å². The van der Waals surface area contributed by atoms with Crippen LogP contribution in [-0.4, -0.2) is 0 Å². The molecule has 42 heavy (non-hydrogen) atoms. The molecule has 5 radical (unpaired) electrons. The predicted molar refractivity (Wildman–Crippen MR) is 185 cm³/mol. The minimum atomic E-state index is 0.0165. The molecule has 0 saturated heterocycles. The molecule has 0 amide bonds. The number of hydrogen-bond acceptors (Lipinski definition) is 0. The SMILES string of the molecule is CC(C)(C)C1=C/C(=C(/[C]2[CH][CH][CH][CH]2)c2cc(C(C)(C)C)c3ccc(C(C)(C)C)ccc2-3)[c+]2ccc(C(C)(C)C)ccc21. The van der Waals surface area contributed by atoms with Crippen LogP contribution in [0.25, 0.3) is 27.8 Å². The summed E-state index contributed by atoms with van der Waals surface area (Å²) in [5, 5.41) is 0. The van der Waals surface area contributed by atoms with E-state index < -0.39 is 0 Å². The lowest BCUT2D eigenvalue weighted by atomic mass is 9.83. The van der Waals surface area contributed by atoms with E-state index in [4.69, 9.17) is 0 Å². The van der Waals surface area contributed by atoms with Crippen LogP contribution in [0.4, 0.5) is 0 Å². The highest BCUT2D eigenvalue weighted by molar-refractivity contribution is 6.13. The smallest absolute Gasteiger partial charge is 0.0579 e. The molecule has 5 rings (SSSR count). The lowest BCUT2D eigenvalue weighted by molar-refractivity contribution is 0.568. The van der Waals surface area contributed by atoms with Crippen molar-refractivity contribution in [3.8, 4) is 11.1 Å². The van der Waals surface area contributed by atoms with E-state index in [0.717, 1.165) is 0 Å². The van der Waals surface area contributed by atoms with Crippen molar-refractivity contribution in [1.82, 2.24) is 0 Å². The number of fused-ring (bicyclic) bond motifs is 2. The van der Waals surface area contributed by atoms with Gasteiger partial charge in [0.25, 0.3) is 0 Å². The summed E-state index contributed by atoms with van der Waals surface area (Å²) in [4.78, 5) is 0. The van der Waals surface area contributed by atoms with Gasteiger partial charge >= 0.3 is 0 Å². The first-order valence-corrected chi connectivity index (χ1v) is 15.6. The van der Waals surface area contributed by atoms with Crippen molar-refractivity contribution in [3.63, 3.8) is 0 Å². The lowest BCUT2D eigenvalue weighted by Gasteiger charge is -2.19. The molecule has 0 unspecified atom stereocenters. The molecule has 4 aliphatic rings. The summed E-state index contributed by atoms with van der Waals surface area (Å²) in [6, 6.07) is 21.4. The average molecular weight is 555 g/mol. The minimum absolute atomic E-state index is 0.0165. The summed E-state index contributed by atoms with van der Waals surface area (Å²) in [6.45, 7) is 27.9. The Balaban J connectivity index is 1.89. The van der Waals surface area contributed by atoms with Gasteiger partial charge < -0.3 is 0 Å². The van der Waals surface area contributed by atoms with Crippen molar-refractivity contribution < 1.29 is 0 Å². The number of allylic oxidation sites excluding steroid dienone is 4. The van der Waals surface area contributed by atoms with E-state index in [1.807, 2.05) is 0 Å². The van der Waals surface area contributed by atoms with E-state index in [1.165, 1.54) is 67.1 Å². The van der Waals surface area contributed by atoms with Crippen LogP contribution in [-0.2, 0) is 16.2 Å². The summed E-state index contributed by atoms with van der Waals surface area (Å²) >= 11 is 0. The van der Waals surface area contributed by atoms with Gasteiger partial charge in [-0.3, -0.25) is 0 Å². The third-order valence-corrected chi connectivity index (χ3v) is 8.87. The molecule has 0 heterocycles. The largest absolute Gasteiger partial charge is 0.0755 e. The molecular weight excluding hydrogens is 504 g/mol. The molecule has 0 heteroatoms. The summed E-state index contributed by atoms with van der Waals surface area (Å²) in [7, 11) is 0. The van der Waals surface area contributed by atoms with Gasteiger partial charge in [0.2, 0.25) is 0 Å². The molecule has 217 valence electrons. The molecule has 0 bridgehead atoms. The summed E-state index contributed by atoms with van der Waals surface area (Å²) in [5.74, 6) is 1.28. The molecule has 1 fully saturated rings. The molecule has 1 saturated carbocycles. The van der Waals surface area contributed by atoms with Gasteiger partial charge in [-0.2, -0.15) is 0 Å². The Labute approximate surface area is 257 Å². The van der Waals surface area contributed by atoms with Crippen molar-refractivity contribution in [1.29, 1.82) is 0 Å². The van der Waals surface area contributed by atoms with Gasteiger partial charge in [0, 0.05) is 40.2 Å². The van der Waals surface area contributed by atoms with Crippen molar-refractivity contribution in [2.24, 2.45) is 5.41 Å². The van der Waals surface area contributed by atoms with Crippen molar-refractivity contribution in [2.75, 3.05) is 0 Å². The van der Waals surface area contributed by atoms with Crippen LogP contribution < -0.4 is 0 Å². The van der Waals surface area contributed by atoms with Gasteiger partial charge in [0.15, 0.2) is 0 Å². The summed E-state index contributed by atoms with van der Waals surface area (Å²) in [6.07, 6.45) is 11.4. The third kappa shape index (κ3) is 5.76. The fourth-order valence-corrected chi connectivity index (χ4v) is 6.35. The molecule has 0 nitrogen and oxygen atoms in total. The molecule has 0 aromatic heterocycles. The number of rotatable bonds is 2. The van der Waals surface area contributed by atoms with Crippen molar-refractivity contribution in [3.05, 3.63) is 126 Å². The lowest BCUT2D eigenvalue weighted by Crippen LogP contribution is -2.10. The first-order chi connectivity index (χ1) is 19.4. The zero-order valence-corrected chi connectivity index (χ0v) is 28.1. The Bertz CT molecular complexity index is 1530. The Kier molecular flexibility index (Phi) is 7.65. The van der Waals surface area contributed by atoms with Crippen LogP contribution in [0.5, 0.6) is 0 Å². The quantitative estimate of drug-likeness (QED) is 0.276. The number of hydrogen-bond donors (Lipinski definition) is 0. The first kappa shape index (κ1) is 30.7. The average Bonchev–Trinajstić information content (AvgIpc) is 3.49. The second-order valence-corrected chi connectivity index (χ2v) is 16.4. The highest BCUT2D eigenvalue weighted by Gasteiger charge is 2.39. The fraction of sp³-hybridized carbons (Fsp3) is 0.381. The van der Waals surface area contributed by atoms with Gasteiger partial charge in [-0.1, -0.05) is 86.6 Å². The molecule has 4 aliphatic carbocycles. The van der Waals surface area contributed by atoms with Crippen molar-refractivity contribution in [2.45, 2.75) is 99.3 Å². The monoisotopic (exact) mass is 554 g/mol. The predicted octanol–water partition coefficient (Wildman–Crippen LogP) is 11.7. The van der Waals surface area contributed by atoms with Gasteiger partial charge in [-0.25, -0.2) is 0 Å². The van der Waals surface area contributed by atoms with E-state index in [1.54, 1.807) is 0 Å². The molecular formula is C42H50+. The van der Waals surface area contributed by atoms with E-state index in [0.29, 0.717) is 0 Å². The van der Waals surface area contributed by atoms with Crippen LogP contribution in [0.15, 0.2) is 60.7 Å². The molecule has 1 aromatic carbocycles. The van der Waals surface area contributed by atoms with Crippen LogP contribution in [0.3, 0.4) is 0 Å². The van der Waals surface area contributed by atoms with Crippen LogP contribution in [0.1, 0.15) is 116 Å². The molecule has 1 aromatic rings. The van der Waals surface area contributed by atoms with E-state index >= 15 is 0 Å². The highest BCUT2D eigenvalue weighted by atomic mass is 14.4. The topological polar surface area (TPSA) is 0 Å². The van der Waals surface area contributed by atoms with E-state index in [2.05, 4.69) is 169 Å². The maximum atomic E-state index is 2.49. The molecule has 0 spiro atoms. The maximum absolute atomic E-state index is 2.49. The summed E-state index contributed by atoms with van der Waals surface area (Å²) in [5.41, 5.74) is 15.1. The molecule has 0 atom stereocenters. The van der Waals surface area contributed by atoms with Gasteiger partial charge in [0.1, 0.15) is 0 Å². The van der Waals surface area contributed by atoms with Gasteiger partial charge in [0.05, 0.1) is 16.7 Å². The normalized spacial score (nSPS) is 18.0. The minimum Gasteiger partial charge on any atom is -0.0579 e. The Morgan fingerprint density at radius 2 is 1.12 bits per heavy atom. The second-order valence-electron chi connectivity index (χ2n) is 16.4. The first-order valence-electron chi connectivity index (χ1n) is 15.6. The zero-order valence-electron chi connectivity index (χ0n) is 28.1. The standard InChI is InChI=1S/C42H50/c1-39(2,3)28-17-21-30-32(23-19-28)36(41(7,8)9)25-34(30)38(27-15-13-14-16-27)35-26-37(42(10,11)12)33-24-20-29(40(4,5)6)18-22-31(33)35/h13-26H,1-12H3/q+1/b38-34+. The third-order valence-electron chi connectivity index (χ3n) is 8.87.